The van der Waals surface area contributed by atoms with Crippen LogP contribution < -0.4 is 10.1 Å². The third-order valence-electron chi connectivity index (χ3n) is 2.49. The molecule has 2 atom stereocenters. The Hall–Kier alpha value is -1.57. The predicted molar refractivity (Wildman–Crippen MR) is 65.6 cm³/mol. The molecule has 0 fully saturated rings. The van der Waals surface area contributed by atoms with Crippen molar-refractivity contribution in [2.45, 2.75) is 25.9 Å². The van der Waals surface area contributed by atoms with Crippen LogP contribution in [0.5, 0.6) is 5.75 Å². The molecule has 0 heterocycles. The Labute approximate surface area is 102 Å². The van der Waals surface area contributed by atoms with Gasteiger partial charge in [0.05, 0.1) is 6.61 Å². The lowest BCUT2D eigenvalue weighted by atomic mass is 10.1. The zero-order valence-electron chi connectivity index (χ0n) is 10.2. The number of ether oxygens (including phenoxy) is 1. The maximum atomic E-state index is 8.96. The smallest absolute Gasteiger partial charge is 0.174 e. The van der Waals surface area contributed by atoms with Crippen LogP contribution in [0.2, 0.25) is 0 Å². The molecule has 92 valence electrons. The number of aliphatic hydroxyl groups excluding tert-OH is 1. The first-order valence-corrected chi connectivity index (χ1v) is 5.64. The van der Waals surface area contributed by atoms with Crippen LogP contribution in [-0.2, 0) is 0 Å². The number of nitriles is 1. The molecule has 0 aromatic heterocycles. The average molecular weight is 234 g/mol. The number of hydrogen-bond donors (Lipinski definition) is 2. The van der Waals surface area contributed by atoms with Crippen LogP contribution in [0.4, 0.5) is 0 Å². The molecule has 0 aliphatic carbocycles. The van der Waals surface area contributed by atoms with E-state index in [0.717, 1.165) is 5.56 Å². The zero-order chi connectivity index (χ0) is 12.7. The molecule has 4 heteroatoms. The summed E-state index contributed by atoms with van der Waals surface area (Å²) in [5, 5.41) is 20.6. The average Bonchev–Trinajstić information content (AvgIpc) is 2.36. The minimum Gasteiger partial charge on any atom is -0.479 e. The van der Waals surface area contributed by atoms with Crippen molar-refractivity contribution in [3.63, 3.8) is 0 Å². The van der Waals surface area contributed by atoms with E-state index in [2.05, 4.69) is 5.32 Å². The third kappa shape index (κ3) is 4.43. The number of hydrogen-bond acceptors (Lipinski definition) is 4. The van der Waals surface area contributed by atoms with E-state index in [1.54, 1.807) is 0 Å². The summed E-state index contributed by atoms with van der Waals surface area (Å²) in [5.74, 6) is 0.692. The number of aliphatic hydroxyl groups is 1. The minimum atomic E-state index is 0.0642. The fraction of sp³-hybridized carbons (Fsp3) is 0.462. The summed E-state index contributed by atoms with van der Waals surface area (Å²) in [6.07, 6.45) is 0. The molecule has 0 spiro atoms. The molecule has 1 aromatic rings. The second-order valence-corrected chi connectivity index (χ2v) is 3.99. The van der Waals surface area contributed by atoms with E-state index in [1.165, 1.54) is 0 Å². The molecule has 0 amide bonds. The van der Waals surface area contributed by atoms with Crippen molar-refractivity contribution < 1.29 is 9.84 Å². The number of benzene rings is 1. The lowest BCUT2D eigenvalue weighted by molar-refractivity contribution is 0.243. The SMILES string of the molecule is CC(CO)NC(C)c1ccc(OCC#N)cc1. The van der Waals surface area contributed by atoms with Gasteiger partial charge in [0.2, 0.25) is 0 Å². The molecular formula is C13H18N2O2. The molecule has 0 saturated carbocycles. The van der Waals surface area contributed by atoms with E-state index >= 15 is 0 Å². The molecule has 0 aliphatic heterocycles. The standard InChI is InChI=1S/C13H18N2O2/c1-10(9-16)15-11(2)12-3-5-13(6-4-12)17-8-7-14/h3-6,10-11,15-16H,8-9H2,1-2H3. The van der Waals surface area contributed by atoms with Crippen molar-refractivity contribution in [1.82, 2.24) is 5.32 Å². The van der Waals surface area contributed by atoms with Gasteiger partial charge in [-0.15, -0.1) is 0 Å². The molecule has 1 aromatic carbocycles. The van der Waals surface area contributed by atoms with Crippen LogP contribution in [-0.4, -0.2) is 24.4 Å². The van der Waals surface area contributed by atoms with Crippen LogP contribution in [0.1, 0.15) is 25.5 Å². The van der Waals surface area contributed by atoms with Crippen molar-refractivity contribution in [2.75, 3.05) is 13.2 Å². The summed E-state index contributed by atoms with van der Waals surface area (Å²) in [4.78, 5) is 0. The van der Waals surface area contributed by atoms with Crippen LogP contribution >= 0.6 is 0 Å². The molecule has 2 unspecified atom stereocenters. The van der Waals surface area contributed by atoms with Crippen LogP contribution in [0.15, 0.2) is 24.3 Å². The van der Waals surface area contributed by atoms with Crippen molar-refractivity contribution >= 4 is 0 Å². The van der Waals surface area contributed by atoms with Crippen molar-refractivity contribution in [1.29, 1.82) is 5.26 Å². The van der Waals surface area contributed by atoms with Crippen LogP contribution in [0.3, 0.4) is 0 Å². The van der Waals surface area contributed by atoms with Gasteiger partial charge in [0.25, 0.3) is 0 Å². The van der Waals surface area contributed by atoms with Gasteiger partial charge in [0.1, 0.15) is 11.8 Å². The first-order chi connectivity index (χ1) is 8.17. The number of nitrogens with zero attached hydrogens (tertiary/aromatic N) is 1. The second kappa shape index (κ2) is 6.89. The topological polar surface area (TPSA) is 65.3 Å². The summed E-state index contributed by atoms with van der Waals surface area (Å²) in [7, 11) is 0. The molecule has 0 radical (unpaired) electrons. The lowest BCUT2D eigenvalue weighted by Crippen LogP contribution is -2.31. The first-order valence-electron chi connectivity index (χ1n) is 5.64. The summed E-state index contributed by atoms with van der Waals surface area (Å²) < 4.78 is 5.17. The maximum Gasteiger partial charge on any atom is 0.174 e. The predicted octanol–water partition coefficient (Wildman–Crippen LogP) is 1.62. The lowest BCUT2D eigenvalue weighted by Gasteiger charge is -2.18. The molecule has 1 rings (SSSR count). The molecule has 17 heavy (non-hydrogen) atoms. The molecule has 0 bridgehead atoms. The highest BCUT2D eigenvalue weighted by Crippen LogP contribution is 2.17. The van der Waals surface area contributed by atoms with E-state index in [1.807, 2.05) is 44.2 Å². The Morgan fingerprint density at radius 3 is 2.53 bits per heavy atom. The van der Waals surface area contributed by atoms with Gasteiger partial charge in [0, 0.05) is 12.1 Å². The Balaban J connectivity index is 2.58. The van der Waals surface area contributed by atoms with E-state index < -0.39 is 0 Å². The van der Waals surface area contributed by atoms with Gasteiger partial charge in [0.15, 0.2) is 6.61 Å². The van der Waals surface area contributed by atoms with E-state index in [0.29, 0.717) is 5.75 Å². The van der Waals surface area contributed by atoms with Crippen LogP contribution in [0, 0.1) is 11.3 Å². The molecular weight excluding hydrogens is 216 g/mol. The largest absolute Gasteiger partial charge is 0.479 e. The minimum absolute atomic E-state index is 0.0642. The van der Waals surface area contributed by atoms with Crippen molar-refractivity contribution in [3.8, 4) is 11.8 Å². The van der Waals surface area contributed by atoms with E-state index in [4.69, 9.17) is 15.1 Å². The molecule has 0 saturated heterocycles. The summed E-state index contributed by atoms with van der Waals surface area (Å²) in [6, 6.07) is 9.75. The van der Waals surface area contributed by atoms with Crippen molar-refractivity contribution in [3.05, 3.63) is 29.8 Å². The molecule has 0 aliphatic rings. The Kier molecular flexibility index (Phi) is 5.47. The highest BCUT2D eigenvalue weighted by Gasteiger charge is 2.08. The van der Waals surface area contributed by atoms with Gasteiger partial charge >= 0.3 is 0 Å². The summed E-state index contributed by atoms with van der Waals surface area (Å²) >= 11 is 0. The van der Waals surface area contributed by atoms with Gasteiger partial charge in [-0.3, -0.25) is 0 Å². The fourth-order valence-corrected chi connectivity index (χ4v) is 1.54. The Morgan fingerprint density at radius 1 is 1.35 bits per heavy atom. The van der Waals surface area contributed by atoms with Crippen LogP contribution in [0.25, 0.3) is 0 Å². The second-order valence-electron chi connectivity index (χ2n) is 3.99. The molecule has 2 N–H and O–H groups in total. The van der Waals surface area contributed by atoms with E-state index in [-0.39, 0.29) is 25.3 Å². The summed E-state index contributed by atoms with van der Waals surface area (Å²) in [5.41, 5.74) is 1.12. The first kappa shape index (κ1) is 13.5. The fourth-order valence-electron chi connectivity index (χ4n) is 1.54. The maximum absolute atomic E-state index is 8.96. The molecule has 4 nitrogen and oxygen atoms in total. The quantitative estimate of drug-likeness (QED) is 0.785. The zero-order valence-corrected chi connectivity index (χ0v) is 10.2. The number of nitrogens with one attached hydrogen (secondary N) is 1. The van der Waals surface area contributed by atoms with Gasteiger partial charge < -0.3 is 15.2 Å². The normalized spacial score (nSPS) is 13.8. The van der Waals surface area contributed by atoms with Gasteiger partial charge in [-0.25, -0.2) is 0 Å². The van der Waals surface area contributed by atoms with Crippen molar-refractivity contribution in [2.24, 2.45) is 0 Å². The summed E-state index contributed by atoms with van der Waals surface area (Å²) in [6.45, 7) is 4.15. The van der Waals surface area contributed by atoms with Gasteiger partial charge in [-0.2, -0.15) is 5.26 Å². The highest BCUT2D eigenvalue weighted by atomic mass is 16.5. The third-order valence-corrected chi connectivity index (χ3v) is 2.49. The monoisotopic (exact) mass is 234 g/mol. The van der Waals surface area contributed by atoms with E-state index in [9.17, 15) is 0 Å². The number of rotatable bonds is 6. The van der Waals surface area contributed by atoms with Gasteiger partial charge in [-0.1, -0.05) is 12.1 Å². The van der Waals surface area contributed by atoms with Gasteiger partial charge in [-0.05, 0) is 31.5 Å². The Bertz CT molecular complexity index is 370. The highest BCUT2D eigenvalue weighted by molar-refractivity contribution is 5.29. The Morgan fingerprint density at radius 2 is 2.00 bits per heavy atom.